The predicted molar refractivity (Wildman–Crippen MR) is 132 cm³/mol. The van der Waals surface area contributed by atoms with Gasteiger partial charge >= 0.3 is 5.97 Å². The quantitative estimate of drug-likeness (QED) is 0.307. The average Bonchev–Trinajstić information content (AvgIpc) is 3.39. The highest BCUT2D eigenvalue weighted by molar-refractivity contribution is 7.99. The number of aromatic amines is 1. The third-order valence-electron chi connectivity index (χ3n) is 4.68. The lowest BCUT2D eigenvalue weighted by atomic mass is 10.2. The monoisotopic (exact) mass is 509 g/mol. The standard InChI is InChI=1S/C24H20ClN5O4S/c1-2-33-21(31)14-34-16-12-10-15(11-13-16)24(32)26-18-7-3-4-8-19(18)35-20-9-5-6-17(25)22(20)23-27-29-30-28-23/h3-13H,2,14H2,1H3,(H,26,32)(H,27,28,29,30). The van der Waals surface area contributed by atoms with Gasteiger partial charge in [0.05, 0.1) is 22.9 Å². The molecule has 0 fully saturated rings. The van der Waals surface area contributed by atoms with E-state index < -0.39 is 5.97 Å². The number of carbonyl (C=O) groups is 2. The molecule has 35 heavy (non-hydrogen) atoms. The normalized spacial score (nSPS) is 10.6. The minimum atomic E-state index is -0.453. The summed E-state index contributed by atoms with van der Waals surface area (Å²) in [5.74, 6) is 0.0930. The van der Waals surface area contributed by atoms with Crippen molar-refractivity contribution in [3.05, 3.63) is 77.3 Å². The van der Waals surface area contributed by atoms with Crippen molar-refractivity contribution in [2.24, 2.45) is 0 Å². The molecule has 0 saturated heterocycles. The highest BCUT2D eigenvalue weighted by atomic mass is 35.5. The van der Waals surface area contributed by atoms with Gasteiger partial charge in [0.2, 0.25) is 5.82 Å². The van der Waals surface area contributed by atoms with E-state index in [2.05, 4.69) is 25.9 Å². The molecule has 1 heterocycles. The summed E-state index contributed by atoms with van der Waals surface area (Å²) in [6, 6.07) is 19.4. The zero-order valence-corrected chi connectivity index (χ0v) is 20.1. The van der Waals surface area contributed by atoms with Gasteiger partial charge in [0, 0.05) is 15.4 Å². The Hall–Kier alpha value is -3.89. The molecule has 2 N–H and O–H groups in total. The fraction of sp³-hybridized carbons (Fsp3) is 0.125. The van der Waals surface area contributed by atoms with E-state index in [0.29, 0.717) is 33.4 Å². The fourth-order valence-corrected chi connectivity index (χ4v) is 4.47. The molecular formula is C24H20ClN5O4S. The van der Waals surface area contributed by atoms with Crippen LogP contribution in [0.25, 0.3) is 11.4 Å². The van der Waals surface area contributed by atoms with E-state index in [0.717, 1.165) is 9.79 Å². The van der Waals surface area contributed by atoms with Gasteiger partial charge in [-0.25, -0.2) is 4.79 Å². The number of amides is 1. The molecule has 1 aromatic heterocycles. The predicted octanol–water partition coefficient (Wildman–Crippen LogP) is 4.87. The third kappa shape index (κ3) is 6.17. The van der Waals surface area contributed by atoms with Crippen molar-refractivity contribution in [1.29, 1.82) is 0 Å². The minimum absolute atomic E-state index is 0.195. The molecule has 0 unspecified atom stereocenters. The molecule has 0 saturated carbocycles. The molecule has 0 radical (unpaired) electrons. The second kappa shape index (κ2) is 11.5. The van der Waals surface area contributed by atoms with Crippen molar-refractivity contribution < 1.29 is 19.1 Å². The van der Waals surface area contributed by atoms with E-state index >= 15 is 0 Å². The van der Waals surface area contributed by atoms with Crippen LogP contribution in [0.3, 0.4) is 0 Å². The Labute approximate surface area is 210 Å². The Bertz CT molecular complexity index is 1320. The van der Waals surface area contributed by atoms with Crippen molar-refractivity contribution in [2.75, 3.05) is 18.5 Å². The molecule has 3 aromatic carbocycles. The van der Waals surface area contributed by atoms with Crippen molar-refractivity contribution in [3.8, 4) is 17.1 Å². The summed E-state index contributed by atoms with van der Waals surface area (Å²) < 4.78 is 10.2. The summed E-state index contributed by atoms with van der Waals surface area (Å²) in [6.45, 7) is 1.82. The van der Waals surface area contributed by atoms with Crippen LogP contribution in [0.2, 0.25) is 5.02 Å². The second-order valence-corrected chi connectivity index (χ2v) is 8.51. The topological polar surface area (TPSA) is 119 Å². The zero-order chi connectivity index (χ0) is 24.6. The molecule has 4 rings (SSSR count). The van der Waals surface area contributed by atoms with Crippen LogP contribution in [-0.2, 0) is 9.53 Å². The first-order valence-electron chi connectivity index (χ1n) is 10.5. The number of hydrogen-bond donors (Lipinski definition) is 2. The first-order valence-corrected chi connectivity index (χ1v) is 11.7. The molecule has 0 spiro atoms. The number of benzene rings is 3. The van der Waals surface area contributed by atoms with Crippen molar-refractivity contribution >= 4 is 40.9 Å². The Morgan fingerprint density at radius 3 is 2.54 bits per heavy atom. The van der Waals surface area contributed by atoms with E-state index in [4.69, 9.17) is 21.1 Å². The number of ether oxygens (including phenoxy) is 2. The summed E-state index contributed by atoms with van der Waals surface area (Å²) in [5, 5.41) is 17.6. The van der Waals surface area contributed by atoms with E-state index in [1.165, 1.54) is 11.8 Å². The largest absolute Gasteiger partial charge is 0.482 e. The zero-order valence-electron chi connectivity index (χ0n) is 18.5. The number of hydrogen-bond acceptors (Lipinski definition) is 8. The molecular weight excluding hydrogens is 490 g/mol. The van der Waals surface area contributed by atoms with Crippen LogP contribution in [0.4, 0.5) is 5.69 Å². The number of rotatable bonds is 9. The number of aromatic nitrogens is 4. The number of para-hydroxylation sites is 1. The SMILES string of the molecule is CCOC(=O)COc1ccc(C(=O)Nc2ccccc2Sc2cccc(Cl)c2-c2nn[nH]n2)cc1. The summed E-state index contributed by atoms with van der Waals surface area (Å²) in [6.07, 6.45) is 0. The number of nitrogens with one attached hydrogen (secondary N) is 2. The lowest BCUT2D eigenvalue weighted by Crippen LogP contribution is -2.15. The van der Waals surface area contributed by atoms with Gasteiger partial charge in [-0.1, -0.05) is 41.6 Å². The molecule has 9 nitrogen and oxygen atoms in total. The molecule has 0 aliphatic rings. The van der Waals surface area contributed by atoms with E-state index in [1.54, 1.807) is 37.3 Å². The molecule has 178 valence electrons. The van der Waals surface area contributed by atoms with E-state index in [-0.39, 0.29) is 19.1 Å². The van der Waals surface area contributed by atoms with Crippen molar-refractivity contribution in [1.82, 2.24) is 20.6 Å². The van der Waals surface area contributed by atoms with Gasteiger partial charge in [0.25, 0.3) is 5.91 Å². The summed E-state index contributed by atoms with van der Waals surface area (Å²) >= 11 is 7.84. The Morgan fingerprint density at radius 1 is 1.03 bits per heavy atom. The van der Waals surface area contributed by atoms with E-state index in [1.807, 2.05) is 36.4 Å². The number of halogens is 1. The number of carbonyl (C=O) groups excluding carboxylic acids is 2. The second-order valence-electron chi connectivity index (χ2n) is 7.02. The number of nitrogens with zero attached hydrogens (tertiary/aromatic N) is 3. The maximum atomic E-state index is 12.9. The molecule has 0 atom stereocenters. The molecule has 4 aromatic rings. The molecule has 0 bridgehead atoms. The third-order valence-corrected chi connectivity index (χ3v) is 6.13. The first-order chi connectivity index (χ1) is 17.0. The van der Waals surface area contributed by atoms with Gasteiger partial charge in [-0.15, -0.1) is 10.2 Å². The van der Waals surface area contributed by atoms with Crippen LogP contribution >= 0.6 is 23.4 Å². The molecule has 1 amide bonds. The Balaban J connectivity index is 1.49. The lowest BCUT2D eigenvalue weighted by molar-refractivity contribution is -0.145. The Morgan fingerprint density at radius 2 is 1.80 bits per heavy atom. The van der Waals surface area contributed by atoms with Gasteiger partial charge in [0.15, 0.2) is 6.61 Å². The van der Waals surface area contributed by atoms with Crippen molar-refractivity contribution in [3.63, 3.8) is 0 Å². The van der Waals surface area contributed by atoms with Crippen LogP contribution in [0.1, 0.15) is 17.3 Å². The van der Waals surface area contributed by atoms with Crippen molar-refractivity contribution in [2.45, 2.75) is 16.7 Å². The van der Waals surface area contributed by atoms with Gasteiger partial charge < -0.3 is 14.8 Å². The highest BCUT2D eigenvalue weighted by Gasteiger charge is 2.17. The summed E-state index contributed by atoms with van der Waals surface area (Å²) in [7, 11) is 0. The van der Waals surface area contributed by atoms with Gasteiger partial charge in [-0.2, -0.15) is 5.21 Å². The molecule has 11 heteroatoms. The lowest BCUT2D eigenvalue weighted by Gasteiger charge is -2.13. The highest BCUT2D eigenvalue weighted by Crippen LogP contribution is 2.41. The average molecular weight is 510 g/mol. The number of esters is 1. The first kappa shape index (κ1) is 24.2. The molecule has 0 aliphatic carbocycles. The minimum Gasteiger partial charge on any atom is -0.482 e. The number of anilines is 1. The summed E-state index contributed by atoms with van der Waals surface area (Å²) in [5.41, 5.74) is 1.71. The number of tetrazole rings is 1. The Kier molecular flexibility index (Phi) is 7.96. The van der Waals surface area contributed by atoms with E-state index in [9.17, 15) is 9.59 Å². The van der Waals surface area contributed by atoms with Crippen LogP contribution in [0, 0.1) is 0 Å². The smallest absolute Gasteiger partial charge is 0.344 e. The van der Waals surface area contributed by atoms with Gasteiger partial charge in [0.1, 0.15) is 5.75 Å². The molecule has 0 aliphatic heterocycles. The van der Waals surface area contributed by atoms with Crippen LogP contribution in [0.5, 0.6) is 5.75 Å². The van der Waals surface area contributed by atoms with Crippen LogP contribution in [0.15, 0.2) is 76.5 Å². The van der Waals surface area contributed by atoms with Gasteiger partial charge in [-0.3, -0.25) is 4.79 Å². The fourth-order valence-electron chi connectivity index (χ4n) is 3.09. The maximum absolute atomic E-state index is 12.9. The van der Waals surface area contributed by atoms with Gasteiger partial charge in [-0.05, 0) is 60.7 Å². The van der Waals surface area contributed by atoms with Crippen LogP contribution in [-0.4, -0.2) is 45.7 Å². The maximum Gasteiger partial charge on any atom is 0.344 e. The summed E-state index contributed by atoms with van der Waals surface area (Å²) in [4.78, 5) is 25.9. The van der Waals surface area contributed by atoms with Crippen LogP contribution < -0.4 is 10.1 Å². The number of H-pyrrole nitrogens is 1.